The van der Waals surface area contributed by atoms with Gasteiger partial charge in [0.05, 0.1) is 0 Å². The maximum absolute atomic E-state index is 12.0. The van der Waals surface area contributed by atoms with Crippen molar-refractivity contribution in [3.05, 3.63) is 11.9 Å². The molecule has 0 saturated heterocycles. The van der Waals surface area contributed by atoms with Crippen molar-refractivity contribution in [2.24, 2.45) is 0 Å². The zero-order valence-corrected chi connectivity index (χ0v) is 4.43. The summed E-state index contributed by atoms with van der Waals surface area (Å²) in [5.41, 5.74) is 0. The van der Waals surface area contributed by atoms with Gasteiger partial charge in [0.15, 0.2) is 6.10 Å². The lowest BCUT2D eigenvalue weighted by Gasteiger charge is -1.94. The minimum atomic E-state index is -0.974. The standard InChI is InChI=1S/C6H3FO2/c1-2-4-3-5(7)6(8)9-4/h1,3-4H. The normalized spacial score (nSPS) is 24.7. The molecule has 1 aliphatic heterocycles. The molecule has 1 atom stereocenters. The summed E-state index contributed by atoms with van der Waals surface area (Å²) in [6.45, 7) is 0. The van der Waals surface area contributed by atoms with E-state index in [1.54, 1.807) is 0 Å². The lowest BCUT2D eigenvalue weighted by atomic mass is 10.4. The lowest BCUT2D eigenvalue weighted by molar-refractivity contribution is -0.139. The van der Waals surface area contributed by atoms with Crippen molar-refractivity contribution in [1.29, 1.82) is 0 Å². The van der Waals surface area contributed by atoms with Gasteiger partial charge in [-0.1, -0.05) is 5.92 Å². The predicted octanol–water partition coefficient (Wildman–Crippen LogP) is 0.398. The molecule has 0 spiro atoms. The third kappa shape index (κ3) is 0.918. The molecule has 0 radical (unpaired) electrons. The van der Waals surface area contributed by atoms with Crippen LogP contribution in [0.4, 0.5) is 4.39 Å². The molecule has 0 aliphatic carbocycles. The van der Waals surface area contributed by atoms with Crippen molar-refractivity contribution >= 4 is 5.97 Å². The van der Waals surface area contributed by atoms with Crippen LogP contribution in [0.3, 0.4) is 0 Å². The first kappa shape index (κ1) is 5.83. The molecule has 2 nitrogen and oxygen atoms in total. The first-order valence-corrected chi connectivity index (χ1v) is 2.28. The van der Waals surface area contributed by atoms with Crippen molar-refractivity contribution in [3.63, 3.8) is 0 Å². The van der Waals surface area contributed by atoms with E-state index in [-0.39, 0.29) is 0 Å². The molecule has 0 aromatic carbocycles. The molecular formula is C6H3FO2. The summed E-state index contributed by atoms with van der Waals surface area (Å²) in [4.78, 5) is 10.2. The highest BCUT2D eigenvalue weighted by molar-refractivity contribution is 5.88. The third-order valence-electron chi connectivity index (χ3n) is 0.891. The van der Waals surface area contributed by atoms with Crippen LogP contribution in [-0.4, -0.2) is 12.1 Å². The number of carbonyl (C=O) groups excluding carboxylic acids is 1. The van der Waals surface area contributed by atoms with Crippen LogP contribution in [0.1, 0.15) is 0 Å². The Bertz CT molecular complexity index is 212. The number of hydrogen-bond donors (Lipinski definition) is 0. The van der Waals surface area contributed by atoms with Crippen LogP contribution >= 0.6 is 0 Å². The molecule has 1 aliphatic rings. The van der Waals surface area contributed by atoms with Crippen molar-refractivity contribution in [1.82, 2.24) is 0 Å². The van der Waals surface area contributed by atoms with Crippen molar-refractivity contribution in [3.8, 4) is 12.3 Å². The zero-order chi connectivity index (χ0) is 6.85. The van der Waals surface area contributed by atoms with Gasteiger partial charge in [0.1, 0.15) is 0 Å². The van der Waals surface area contributed by atoms with Crippen LogP contribution in [-0.2, 0) is 9.53 Å². The summed E-state index contributed by atoms with van der Waals surface area (Å²) in [5, 5.41) is 0. The second-order valence-corrected chi connectivity index (χ2v) is 1.51. The van der Waals surface area contributed by atoms with Crippen LogP contribution < -0.4 is 0 Å². The second kappa shape index (κ2) is 1.90. The molecule has 1 rings (SSSR count). The summed E-state index contributed by atoms with van der Waals surface area (Å²) in [7, 11) is 0. The quantitative estimate of drug-likeness (QED) is 0.347. The van der Waals surface area contributed by atoms with E-state index in [2.05, 4.69) is 10.7 Å². The van der Waals surface area contributed by atoms with Crippen LogP contribution in [0.25, 0.3) is 0 Å². The Hall–Kier alpha value is -1.30. The summed E-state index contributed by atoms with van der Waals surface area (Å²) in [5.74, 6) is 0.186. The summed E-state index contributed by atoms with van der Waals surface area (Å²) < 4.78 is 16.3. The highest BCUT2D eigenvalue weighted by Crippen LogP contribution is 2.12. The third-order valence-corrected chi connectivity index (χ3v) is 0.891. The fourth-order valence-electron chi connectivity index (χ4n) is 0.489. The molecule has 1 heterocycles. The monoisotopic (exact) mass is 126 g/mol. The van der Waals surface area contributed by atoms with Gasteiger partial charge in [0.2, 0.25) is 5.83 Å². The molecule has 0 saturated carbocycles. The largest absolute Gasteiger partial charge is 0.439 e. The molecule has 0 amide bonds. The fourth-order valence-corrected chi connectivity index (χ4v) is 0.489. The van der Waals surface area contributed by atoms with Gasteiger partial charge in [-0.25, -0.2) is 4.79 Å². The SMILES string of the molecule is C#CC1C=C(F)C(=O)O1. The van der Waals surface area contributed by atoms with E-state index in [9.17, 15) is 9.18 Å². The van der Waals surface area contributed by atoms with E-state index in [1.807, 2.05) is 0 Å². The highest BCUT2D eigenvalue weighted by atomic mass is 19.1. The molecule has 0 aromatic heterocycles. The number of cyclic esters (lactones) is 1. The fraction of sp³-hybridized carbons (Fsp3) is 0.167. The van der Waals surface area contributed by atoms with E-state index in [0.717, 1.165) is 6.08 Å². The molecule has 0 bridgehead atoms. The average molecular weight is 126 g/mol. The van der Waals surface area contributed by atoms with E-state index in [4.69, 9.17) is 6.42 Å². The molecular weight excluding hydrogens is 123 g/mol. The maximum Gasteiger partial charge on any atom is 0.368 e. The van der Waals surface area contributed by atoms with E-state index < -0.39 is 17.9 Å². The first-order valence-electron chi connectivity index (χ1n) is 2.28. The number of hydrogen-bond acceptors (Lipinski definition) is 2. The van der Waals surface area contributed by atoms with Crippen LogP contribution in [0.5, 0.6) is 0 Å². The molecule has 3 heteroatoms. The Morgan fingerprint density at radius 3 is 2.78 bits per heavy atom. The Morgan fingerprint density at radius 2 is 2.56 bits per heavy atom. The van der Waals surface area contributed by atoms with Gasteiger partial charge < -0.3 is 4.74 Å². The predicted molar refractivity (Wildman–Crippen MR) is 27.9 cm³/mol. The maximum atomic E-state index is 12.0. The van der Waals surface area contributed by atoms with Crippen molar-refractivity contribution in [2.45, 2.75) is 6.10 Å². The highest BCUT2D eigenvalue weighted by Gasteiger charge is 2.23. The van der Waals surface area contributed by atoms with Gasteiger partial charge in [-0.15, -0.1) is 6.42 Å². The first-order chi connectivity index (χ1) is 4.24. The van der Waals surface area contributed by atoms with Crippen molar-refractivity contribution in [2.75, 3.05) is 0 Å². The molecule has 0 N–H and O–H groups in total. The number of rotatable bonds is 0. The van der Waals surface area contributed by atoms with Gasteiger partial charge in [-0.2, -0.15) is 4.39 Å². The number of ether oxygens (including phenoxy) is 1. The minimum absolute atomic E-state index is 0.808. The van der Waals surface area contributed by atoms with Gasteiger partial charge in [0.25, 0.3) is 0 Å². The van der Waals surface area contributed by atoms with Gasteiger partial charge >= 0.3 is 5.97 Å². The zero-order valence-electron chi connectivity index (χ0n) is 4.43. The Labute approximate surface area is 51.3 Å². The number of esters is 1. The smallest absolute Gasteiger partial charge is 0.368 e. The Morgan fingerprint density at radius 1 is 1.89 bits per heavy atom. The van der Waals surface area contributed by atoms with Gasteiger partial charge in [-0.3, -0.25) is 0 Å². The average Bonchev–Trinajstić information content (AvgIpc) is 2.13. The topological polar surface area (TPSA) is 26.3 Å². The van der Waals surface area contributed by atoms with E-state index in [0.29, 0.717) is 0 Å². The summed E-state index contributed by atoms with van der Waals surface area (Å²) in [6.07, 6.45) is 4.97. The van der Waals surface area contributed by atoms with Crippen LogP contribution in [0.2, 0.25) is 0 Å². The molecule has 0 fully saturated rings. The van der Waals surface area contributed by atoms with Crippen LogP contribution in [0.15, 0.2) is 11.9 Å². The summed E-state index contributed by atoms with van der Waals surface area (Å²) >= 11 is 0. The van der Waals surface area contributed by atoms with Crippen LogP contribution in [0, 0.1) is 12.3 Å². The second-order valence-electron chi connectivity index (χ2n) is 1.51. The Kier molecular flexibility index (Phi) is 1.23. The van der Waals surface area contributed by atoms with Gasteiger partial charge in [0, 0.05) is 6.08 Å². The summed E-state index contributed by atoms with van der Waals surface area (Å²) in [6, 6.07) is 0. The van der Waals surface area contributed by atoms with Crippen molar-refractivity contribution < 1.29 is 13.9 Å². The minimum Gasteiger partial charge on any atom is -0.439 e. The molecule has 0 aromatic rings. The number of carbonyl (C=O) groups is 1. The molecule has 46 valence electrons. The van der Waals surface area contributed by atoms with Gasteiger partial charge in [-0.05, 0) is 0 Å². The van der Waals surface area contributed by atoms with E-state index in [1.165, 1.54) is 0 Å². The lowest BCUT2D eigenvalue weighted by Crippen LogP contribution is -2.03. The van der Waals surface area contributed by atoms with E-state index >= 15 is 0 Å². The number of terminal acetylenes is 1. The molecule has 9 heavy (non-hydrogen) atoms. The number of halogens is 1. The Balaban J connectivity index is 2.77. The molecule has 1 unspecified atom stereocenters.